The normalized spacial score (nSPS) is 10.9. The second-order valence-electron chi connectivity index (χ2n) is 24.4. The van der Waals surface area contributed by atoms with Gasteiger partial charge in [0, 0.05) is 63.2 Å². The Labute approximate surface area is 565 Å². The Morgan fingerprint density at radius 3 is 1.12 bits per heavy atom. The van der Waals surface area contributed by atoms with Crippen molar-refractivity contribution in [2.24, 2.45) is 28.2 Å². The molecular weight excluding hydrogens is 1180 g/mol. The molecule has 0 N–H and O–H groups in total. The van der Waals surface area contributed by atoms with Gasteiger partial charge in [0.2, 0.25) is 52.2 Å². The van der Waals surface area contributed by atoms with Gasteiger partial charge in [0.05, 0.1) is 0 Å². The van der Waals surface area contributed by atoms with E-state index in [1.165, 1.54) is 67.6 Å². The number of pyridine rings is 4. The molecule has 7 aromatic carbocycles. The van der Waals surface area contributed by atoms with Gasteiger partial charge in [-0.2, -0.15) is 18.3 Å². The lowest BCUT2D eigenvalue weighted by Crippen LogP contribution is -2.31. The Bertz CT molecular complexity index is 5140. The minimum atomic E-state index is 0. The van der Waals surface area contributed by atoms with Crippen LogP contribution in [0.15, 0.2) is 243 Å². The lowest BCUT2D eigenvalue weighted by Gasteiger charge is -2.16. The maximum Gasteiger partial charge on any atom is 0.401 e. The zero-order valence-corrected chi connectivity index (χ0v) is 55.2. The lowest BCUT2D eigenvalue weighted by molar-refractivity contribution is -0.659. The molecule has 0 radical (unpaired) electrons. The van der Waals surface area contributed by atoms with E-state index in [9.17, 15) is 0 Å². The molecule has 8 heterocycles. The monoisotopic (exact) mass is 1270 g/mol. The highest BCUT2D eigenvalue weighted by Gasteiger charge is 2.27. The highest BCUT2D eigenvalue weighted by molar-refractivity contribution is 5.79. The van der Waals surface area contributed by atoms with Crippen LogP contribution in [0.5, 0.6) is 0 Å². The molecule has 486 valence electrons. The van der Waals surface area contributed by atoms with Gasteiger partial charge in [0.25, 0.3) is 0 Å². The molecule has 12 nitrogen and oxygen atoms in total. The zero-order valence-electron chi connectivity index (χ0n) is 55.2. The molecule has 8 aromatic heterocycles. The van der Waals surface area contributed by atoms with Crippen LogP contribution >= 0.6 is 0 Å². The quantitative estimate of drug-likeness (QED) is 0.131. The smallest absolute Gasteiger partial charge is 0.401 e. The van der Waals surface area contributed by atoms with E-state index in [1.807, 2.05) is 88.0 Å². The molecule has 12 heteroatoms. The molecule has 0 spiro atoms. The van der Waals surface area contributed by atoms with Gasteiger partial charge in [-0.1, -0.05) is 177 Å². The second kappa shape index (κ2) is 30.0. The summed E-state index contributed by atoms with van der Waals surface area (Å²) in [5.41, 5.74) is 27.9. The van der Waals surface area contributed by atoms with Gasteiger partial charge in [-0.15, -0.1) is 0 Å². The molecule has 15 rings (SSSR count). The van der Waals surface area contributed by atoms with Crippen LogP contribution in [0, 0.1) is 34.6 Å². The van der Waals surface area contributed by atoms with Gasteiger partial charge in [-0.25, -0.2) is 19.9 Å². The van der Waals surface area contributed by atoms with Crippen molar-refractivity contribution >= 4 is 44.8 Å². The van der Waals surface area contributed by atoms with Crippen LogP contribution in [0.2, 0.25) is 0 Å². The van der Waals surface area contributed by atoms with Crippen LogP contribution in [-0.4, -0.2) is 19.9 Å². The van der Waals surface area contributed by atoms with E-state index in [0.29, 0.717) is 29.5 Å². The van der Waals surface area contributed by atoms with E-state index >= 15 is 0 Å². The highest BCUT2D eigenvalue weighted by Crippen LogP contribution is 2.38. The Kier molecular flexibility index (Phi) is 21.6. The van der Waals surface area contributed by atoms with E-state index in [0.717, 1.165) is 84.3 Å². The molecule has 0 saturated heterocycles. The summed E-state index contributed by atoms with van der Waals surface area (Å²) in [7, 11) is 8.11. The van der Waals surface area contributed by atoms with E-state index in [4.69, 9.17) is 22.7 Å². The van der Waals surface area contributed by atoms with Crippen LogP contribution in [-0.2, 0) is 28.2 Å². The van der Waals surface area contributed by atoms with Gasteiger partial charge >= 0.3 is 17.1 Å². The summed E-state index contributed by atoms with van der Waals surface area (Å²) in [6, 6.07) is 72.8. The van der Waals surface area contributed by atoms with Gasteiger partial charge in [0.15, 0.2) is 22.9 Å². The molecule has 0 saturated carbocycles. The third-order valence-corrected chi connectivity index (χ3v) is 17.3. The summed E-state index contributed by atoms with van der Waals surface area (Å²) in [5.74, 6) is 2.82. The van der Waals surface area contributed by atoms with Crippen LogP contribution < -0.4 is 18.3 Å². The summed E-state index contributed by atoms with van der Waals surface area (Å²) < 4.78 is 32.1. The maximum atomic E-state index is 6.42. The number of benzene rings is 7. The predicted molar refractivity (Wildman–Crippen MR) is 391 cm³/mol. The van der Waals surface area contributed by atoms with Gasteiger partial charge < -0.3 is 17.7 Å². The average molecular weight is 1280 g/mol. The number of nitrogens with zero attached hydrogens (tertiary/aromatic N) is 8. The van der Waals surface area contributed by atoms with Crippen molar-refractivity contribution in [1.29, 1.82) is 0 Å². The fraction of sp³-hybridized carbons (Fsp3) is 0.214. The van der Waals surface area contributed by atoms with Crippen LogP contribution in [0.4, 0.5) is 0 Å². The topological polar surface area (TPSA) is 120 Å². The number of oxazole rings is 4. The summed E-state index contributed by atoms with van der Waals surface area (Å²) >= 11 is 0. The first kappa shape index (κ1) is 69.4. The van der Waals surface area contributed by atoms with E-state index in [1.54, 1.807) is 0 Å². The third kappa shape index (κ3) is 14.2. The number of rotatable bonds is 9. The Morgan fingerprint density at radius 2 is 0.719 bits per heavy atom. The summed E-state index contributed by atoms with van der Waals surface area (Å²) in [6.45, 7) is 19.5. The first-order chi connectivity index (χ1) is 45.0. The average Bonchev–Trinajstić information content (AvgIpc) is 1.60. The highest BCUT2D eigenvalue weighted by atomic mass is 16.4. The number of fused-ring (bicyclic) bond motifs is 4. The van der Waals surface area contributed by atoms with Crippen molar-refractivity contribution < 1.29 is 35.9 Å². The summed E-state index contributed by atoms with van der Waals surface area (Å²) in [4.78, 5) is 18.4. The number of hydrogen-bond acceptors (Lipinski definition) is 8. The number of hydrogen-bond donors (Lipinski definition) is 0. The van der Waals surface area contributed by atoms with Crippen molar-refractivity contribution in [2.45, 2.75) is 96.4 Å². The molecular formula is C84H90N8O4+4. The maximum absolute atomic E-state index is 6.42. The van der Waals surface area contributed by atoms with Crippen LogP contribution in [0.3, 0.4) is 0 Å². The second-order valence-corrected chi connectivity index (χ2v) is 24.4. The van der Waals surface area contributed by atoms with E-state index < -0.39 is 0 Å². The molecule has 0 amide bonds. The molecule has 15 aromatic rings. The first-order valence-electron chi connectivity index (χ1n) is 31.6. The number of aryl methyl sites for hydroxylation is 9. The molecule has 0 fully saturated rings. The molecule has 0 aliphatic heterocycles. The predicted octanol–water partition coefficient (Wildman–Crippen LogP) is 20.0. The Balaban J connectivity index is 0.000000151. The molecule has 0 aliphatic rings. The van der Waals surface area contributed by atoms with Crippen molar-refractivity contribution in [3.05, 3.63) is 264 Å². The van der Waals surface area contributed by atoms with E-state index in [-0.39, 0.29) is 22.3 Å². The minimum absolute atomic E-state index is 0. The first-order valence-corrected chi connectivity index (χ1v) is 31.6. The minimum Gasteiger partial charge on any atom is -0.437 e. The molecule has 0 bridgehead atoms. The fourth-order valence-corrected chi connectivity index (χ4v) is 12.1. The summed E-state index contributed by atoms with van der Waals surface area (Å²) in [6.07, 6.45) is 3.44. The van der Waals surface area contributed by atoms with Crippen molar-refractivity contribution in [2.75, 3.05) is 0 Å². The molecule has 0 aliphatic carbocycles. The van der Waals surface area contributed by atoms with Crippen molar-refractivity contribution in [3.8, 4) is 79.4 Å². The molecule has 0 atom stereocenters. The van der Waals surface area contributed by atoms with E-state index in [2.05, 4.69) is 254 Å². The molecule has 0 unspecified atom stereocenters. The van der Waals surface area contributed by atoms with Crippen molar-refractivity contribution in [1.82, 2.24) is 19.9 Å². The number of aromatic nitrogens is 8. The van der Waals surface area contributed by atoms with Crippen molar-refractivity contribution in [3.63, 3.8) is 0 Å². The van der Waals surface area contributed by atoms with Crippen LogP contribution in [0.25, 0.3) is 124 Å². The van der Waals surface area contributed by atoms with Gasteiger partial charge in [-0.05, 0) is 147 Å². The lowest BCUT2D eigenvalue weighted by atomic mass is 9.88. The van der Waals surface area contributed by atoms with Crippen LogP contribution in [0.1, 0.15) is 101 Å². The van der Waals surface area contributed by atoms with Gasteiger partial charge in [0.1, 0.15) is 33.7 Å². The fourth-order valence-electron chi connectivity index (χ4n) is 12.1. The Morgan fingerprint density at radius 1 is 0.354 bits per heavy atom. The zero-order chi connectivity index (χ0) is 65.0. The van der Waals surface area contributed by atoms with Gasteiger partial charge in [-0.3, -0.25) is 0 Å². The molecule has 96 heavy (non-hydrogen) atoms. The third-order valence-electron chi connectivity index (χ3n) is 17.3. The summed E-state index contributed by atoms with van der Waals surface area (Å²) in [5, 5.41) is 0. The Hall–Kier alpha value is -11.0. The SMILES string of the molecule is C.C.C.Cc1ccc(-c2nc3ccc(-c4ccccc4C)[n+](C)c3o2)cc1.Cc1ccccc1-c1cc2ncoc2c[n+]1C.Cc1ccccc1-c1ccc2nc(-c3c(C(C)C)cccc3C(C)C)oc2[n+]1C.Cc1ccccc1-c1ccc2nc(-c3ccccc3)oc2[n+]1C. The largest absolute Gasteiger partial charge is 0.437 e. The standard InChI is InChI=1S/C26H29N2O.C21H19N2O.C20H17N2O.C14H13N2O.3CH4/c1-16(2)19-12-9-13-20(17(3)4)24(19)25-27-22-14-15-23(28(6)26(22)29-25)21-11-8-7-10-18(21)5;1-14-8-10-16(11-9-14)20-22-18-12-13-19(23(3)21(18)24-20)17-7-5-4-6-15(17)2;1-14-8-6-7-11-16(14)18-13-12-17-20(22(18)2)23-19(21-17)15-9-4-3-5-10-15;1-10-5-3-4-6-11(10)13-7-12-14(8-16(13)2)17-9-15-12;;;/h7-17H,1-6H3;4-13H,1-3H3;3-13H,1-2H3;3-9H,1-2H3;3*1H4/q4*+1;;;.